The highest BCUT2D eigenvalue weighted by Crippen LogP contribution is 2.29. The molecule has 0 aliphatic carbocycles. The lowest BCUT2D eigenvalue weighted by atomic mass is 10.2. The van der Waals surface area contributed by atoms with Gasteiger partial charge in [0.2, 0.25) is 0 Å². The number of hydrogen-bond acceptors (Lipinski definition) is 5. The third kappa shape index (κ3) is 4.55. The Morgan fingerprint density at radius 1 is 1.07 bits per heavy atom. The van der Waals surface area contributed by atoms with E-state index in [9.17, 15) is 14.0 Å². The van der Waals surface area contributed by atoms with Gasteiger partial charge in [0, 0.05) is 17.8 Å². The summed E-state index contributed by atoms with van der Waals surface area (Å²) in [6.45, 7) is -0.163. The number of methoxy groups -OCH3 is 2. The minimum Gasteiger partial charge on any atom is -0.497 e. The molecule has 0 aliphatic rings. The molecule has 0 fully saturated rings. The summed E-state index contributed by atoms with van der Waals surface area (Å²) < 4.78 is 25.0. The van der Waals surface area contributed by atoms with E-state index in [0.717, 1.165) is 4.73 Å². The SMILES string of the molecule is COc1ccc(NC(=O)c2cccn(OCc3ccccc3F)c2=O)c(OC)c1. The van der Waals surface area contributed by atoms with Crippen LogP contribution >= 0.6 is 0 Å². The average molecular weight is 398 g/mol. The topological polar surface area (TPSA) is 78.8 Å². The Morgan fingerprint density at radius 2 is 1.86 bits per heavy atom. The number of benzene rings is 2. The van der Waals surface area contributed by atoms with Gasteiger partial charge in [-0.05, 0) is 30.3 Å². The maximum atomic E-state index is 13.7. The Labute approximate surface area is 166 Å². The molecule has 1 N–H and O–H groups in total. The summed E-state index contributed by atoms with van der Waals surface area (Å²) in [7, 11) is 2.97. The van der Waals surface area contributed by atoms with Crippen LogP contribution in [0.5, 0.6) is 11.5 Å². The number of rotatable bonds is 7. The monoisotopic (exact) mass is 398 g/mol. The van der Waals surface area contributed by atoms with Gasteiger partial charge in [0.25, 0.3) is 11.5 Å². The second-order valence-electron chi connectivity index (χ2n) is 5.94. The largest absolute Gasteiger partial charge is 0.497 e. The summed E-state index contributed by atoms with van der Waals surface area (Å²) in [5.41, 5.74) is -0.148. The molecule has 29 heavy (non-hydrogen) atoms. The third-order valence-electron chi connectivity index (χ3n) is 4.13. The van der Waals surface area contributed by atoms with Crippen molar-refractivity contribution in [3.05, 3.63) is 88.1 Å². The van der Waals surface area contributed by atoms with Gasteiger partial charge in [0.05, 0.1) is 19.9 Å². The highest BCUT2D eigenvalue weighted by Gasteiger charge is 2.16. The van der Waals surface area contributed by atoms with Gasteiger partial charge in [-0.1, -0.05) is 18.2 Å². The first-order chi connectivity index (χ1) is 14.0. The van der Waals surface area contributed by atoms with Crippen molar-refractivity contribution >= 4 is 11.6 Å². The first kappa shape index (κ1) is 19.9. The average Bonchev–Trinajstić information content (AvgIpc) is 2.74. The number of pyridine rings is 1. The smallest absolute Gasteiger partial charge is 0.295 e. The Hall–Kier alpha value is -3.81. The molecule has 7 nitrogen and oxygen atoms in total. The van der Waals surface area contributed by atoms with Crippen LogP contribution < -0.4 is 25.2 Å². The van der Waals surface area contributed by atoms with E-state index >= 15 is 0 Å². The van der Waals surface area contributed by atoms with Gasteiger partial charge in [0.1, 0.15) is 29.5 Å². The van der Waals surface area contributed by atoms with E-state index in [0.29, 0.717) is 17.2 Å². The van der Waals surface area contributed by atoms with Crippen molar-refractivity contribution in [2.75, 3.05) is 19.5 Å². The lowest BCUT2D eigenvalue weighted by Crippen LogP contribution is -2.32. The Kier molecular flexibility index (Phi) is 6.13. The fourth-order valence-electron chi connectivity index (χ4n) is 2.60. The quantitative estimate of drug-likeness (QED) is 0.662. The first-order valence-electron chi connectivity index (χ1n) is 8.65. The summed E-state index contributed by atoms with van der Waals surface area (Å²) in [4.78, 5) is 30.6. The predicted octanol–water partition coefficient (Wildman–Crippen LogP) is 2.89. The fraction of sp³-hybridized carbons (Fsp3) is 0.143. The molecule has 0 saturated carbocycles. The van der Waals surface area contributed by atoms with Crippen molar-refractivity contribution in [2.24, 2.45) is 0 Å². The standard InChI is InChI=1S/C21H19FN2O5/c1-27-15-9-10-18(19(12-15)28-2)23-20(25)16-7-5-11-24(21(16)26)29-13-14-6-3-4-8-17(14)22/h3-12H,13H2,1-2H3,(H,23,25). The van der Waals surface area contributed by atoms with Crippen LogP contribution in [0.25, 0.3) is 0 Å². The summed E-state index contributed by atoms with van der Waals surface area (Å²) in [6.07, 6.45) is 1.36. The summed E-state index contributed by atoms with van der Waals surface area (Å²) in [5.74, 6) is -0.142. The van der Waals surface area contributed by atoms with Gasteiger partial charge in [-0.2, -0.15) is 4.73 Å². The van der Waals surface area contributed by atoms with Crippen molar-refractivity contribution in [2.45, 2.75) is 6.61 Å². The lowest BCUT2D eigenvalue weighted by Gasteiger charge is -2.13. The maximum Gasteiger partial charge on any atom is 0.295 e. The number of nitrogens with zero attached hydrogens (tertiary/aromatic N) is 1. The van der Waals surface area contributed by atoms with Crippen molar-refractivity contribution in [1.29, 1.82) is 0 Å². The van der Waals surface area contributed by atoms with Gasteiger partial charge in [0.15, 0.2) is 0 Å². The normalized spacial score (nSPS) is 10.3. The number of carbonyl (C=O) groups excluding carboxylic acids is 1. The maximum absolute atomic E-state index is 13.7. The van der Waals surface area contributed by atoms with Gasteiger partial charge < -0.3 is 19.6 Å². The van der Waals surface area contributed by atoms with Crippen LogP contribution in [0, 0.1) is 5.82 Å². The second kappa shape index (κ2) is 8.92. The molecule has 3 aromatic rings. The molecule has 0 bridgehead atoms. The molecule has 1 amide bonds. The fourth-order valence-corrected chi connectivity index (χ4v) is 2.60. The van der Waals surface area contributed by atoms with Gasteiger partial charge in [-0.25, -0.2) is 4.39 Å². The Morgan fingerprint density at radius 3 is 2.59 bits per heavy atom. The minimum absolute atomic E-state index is 0.140. The molecule has 3 rings (SSSR count). The Bertz CT molecular complexity index is 1080. The molecule has 1 aromatic heterocycles. The first-order valence-corrected chi connectivity index (χ1v) is 8.65. The van der Waals surface area contributed by atoms with Gasteiger partial charge in [-0.15, -0.1) is 0 Å². The number of amides is 1. The van der Waals surface area contributed by atoms with Crippen LogP contribution in [0.15, 0.2) is 65.6 Å². The van der Waals surface area contributed by atoms with Crippen molar-refractivity contribution in [1.82, 2.24) is 4.73 Å². The second-order valence-corrected chi connectivity index (χ2v) is 5.94. The number of halogens is 1. The number of carbonyl (C=O) groups is 1. The highest BCUT2D eigenvalue weighted by molar-refractivity contribution is 6.04. The van der Waals surface area contributed by atoms with E-state index in [4.69, 9.17) is 14.3 Å². The third-order valence-corrected chi connectivity index (χ3v) is 4.13. The lowest BCUT2D eigenvalue weighted by molar-refractivity contribution is 0.0847. The zero-order valence-corrected chi connectivity index (χ0v) is 15.8. The van der Waals surface area contributed by atoms with Crippen molar-refractivity contribution in [3.63, 3.8) is 0 Å². The van der Waals surface area contributed by atoms with Crippen molar-refractivity contribution < 1.29 is 23.5 Å². The number of hydrogen-bond donors (Lipinski definition) is 1. The van der Waals surface area contributed by atoms with Crippen LogP contribution in [0.1, 0.15) is 15.9 Å². The molecule has 0 saturated heterocycles. The zero-order chi connectivity index (χ0) is 20.8. The number of aromatic nitrogens is 1. The van der Waals surface area contributed by atoms with E-state index in [1.54, 1.807) is 36.4 Å². The van der Waals surface area contributed by atoms with E-state index in [-0.39, 0.29) is 17.7 Å². The van der Waals surface area contributed by atoms with E-state index in [2.05, 4.69) is 5.32 Å². The molecular weight excluding hydrogens is 379 g/mol. The summed E-state index contributed by atoms with van der Waals surface area (Å²) in [5, 5.41) is 2.63. The molecule has 0 aliphatic heterocycles. The number of anilines is 1. The summed E-state index contributed by atoms with van der Waals surface area (Å²) in [6, 6.07) is 13.8. The van der Waals surface area contributed by atoms with Crippen LogP contribution in [-0.4, -0.2) is 24.9 Å². The summed E-state index contributed by atoms with van der Waals surface area (Å²) >= 11 is 0. The van der Waals surface area contributed by atoms with Gasteiger partial charge in [-0.3, -0.25) is 9.59 Å². The van der Waals surface area contributed by atoms with E-state index < -0.39 is 17.3 Å². The molecule has 8 heteroatoms. The zero-order valence-electron chi connectivity index (χ0n) is 15.8. The Balaban J connectivity index is 1.79. The molecule has 1 heterocycles. The van der Waals surface area contributed by atoms with E-state index in [1.165, 1.54) is 38.6 Å². The minimum atomic E-state index is -0.672. The highest BCUT2D eigenvalue weighted by atomic mass is 19.1. The molecule has 0 spiro atoms. The van der Waals surface area contributed by atoms with Crippen LogP contribution in [0.2, 0.25) is 0 Å². The van der Waals surface area contributed by atoms with Gasteiger partial charge >= 0.3 is 0 Å². The molecule has 0 radical (unpaired) electrons. The number of ether oxygens (including phenoxy) is 2. The molecular formula is C21H19FN2O5. The van der Waals surface area contributed by atoms with Crippen molar-refractivity contribution in [3.8, 4) is 11.5 Å². The van der Waals surface area contributed by atoms with Crippen LogP contribution in [-0.2, 0) is 6.61 Å². The molecule has 2 aromatic carbocycles. The van der Waals surface area contributed by atoms with E-state index in [1.807, 2.05) is 0 Å². The van der Waals surface area contributed by atoms with Crippen LogP contribution in [0.3, 0.4) is 0 Å². The van der Waals surface area contributed by atoms with Crippen LogP contribution in [0.4, 0.5) is 10.1 Å². The molecule has 0 unspecified atom stereocenters. The predicted molar refractivity (Wildman–Crippen MR) is 105 cm³/mol. The number of nitrogens with one attached hydrogen (secondary N) is 1. The molecule has 150 valence electrons. The molecule has 0 atom stereocenters.